The van der Waals surface area contributed by atoms with Gasteiger partial charge < -0.3 is 9.47 Å². The first-order valence-electron chi connectivity index (χ1n) is 8.93. The van der Waals surface area contributed by atoms with Gasteiger partial charge in [-0.25, -0.2) is 4.79 Å². The second-order valence-corrected chi connectivity index (χ2v) is 7.17. The van der Waals surface area contributed by atoms with E-state index >= 15 is 0 Å². The van der Waals surface area contributed by atoms with Gasteiger partial charge in [-0.05, 0) is 50.4 Å². The zero-order chi connectivity index (χ0) is 17.4. The largest absolute Gasteiger partial charge is 0.352 e. The molecule has 2 aliphatic rings. The number of hydrogen-bond acceptors (Lipinski definition) is 6. The number of rotatable bonds is 4. The van der Waals surface area contributed by atoms with E-state index in [2.05, 4.69) is 38.1 Å². The molecule has 1 fully saturated rings. The minimum absolute atomic E-state index is 0.203. The molecule has 0 saturated carbocycles. The molecule has 0 bridgehead atoms. The monoisotopic (exact) mass is 340 g/mol. The topological polar surface area (TPSA) is 67.2 Å². The second-order valence-electron chi connectivity index (χ2n) is 7.17. The maximum atomic E-state index is 11.6. The maximum Gasteiger partial charge on any atom is 0.347 e. The molecule has 0 amide bonds. The van der Waals surface area contributed by atoms with Gasteiger partial charge in [0.2, 0.25) is 0 Å². The van der Waals surface area contributed by atoms with Crippen molar-refractivity contribution in [1.29, 1.82) is 0 Å². The van der Waals surface area contributed by atoms with E-state index in [0.29, 0.717) is 12.6 Å². The van der Waals surface area contributed by atoms with Crippen molar-refractivity contribution in [2.45, 2.75) is 38.3 Å². The summed E-state index contributed by atoms with van der Waals surface area (Å²) in [7, 11) is 3.80. The van der Waals surface area contributed by atoms with E-state index in [1.807, 2.05) is 6.07 Å². The molecule has 2 aromatic rings. The van der Waals surface area contributed by atoms with Crippen LogP contribution < -0.4 is 10.6 Å². The summed E-state index contributed by atoms with van der Waals surface area (Å²) < 4.78 is 1.49. The Bertz CT molecular complexity index is 827. The van der Waals surface area contributed by atoms with Crippen molar-refractivity contribution in [3.63, 3.8) is 0 Å². The van der Waals surface area contributed by atoms with Gasteiger partial charge in [-0.3, -0.25) is 4.90 Å². The van der Waals surface area contributed by atoms with Gasteiger partial charge >= 0.3 is 5.69 Å². The molecule has 1 aliphatic carbocycles. The SMILES string of the molecule is CN(Cc1ccn(C)c(=O)n1)C1CN(c2cc3c(nn2)CCCC3)C1. The molecule has 4 rings (SSSR count). The number of anilines is 1. The molecule has 0 radical (unpaired) electrons. The van der Waals surface area contributed by atoms with Crippen LogP contribution in [0.4, 0.5) is 5.82 Å². The summed E-state index contributed by atoms with van der Waals surface area (Å²) in [6.45, 7) is 2.56. The van der Waals surface area contributed by atoms with Crippen LogP contribution in [0.15, 0.2) is 23.1 Å². The summed E-state index contributed by atoms with van der Waals surface area (Å²) in [5.41, 5.74) is 3.17. The molecule has 7 heteroatoms. The molecule has 2 aromatic heterocycles. The lowest BCUT2D eigenvalue weighted by Crippen LogP contribution is -2.58. The summed E-state index contributed by atoms with van der Waals surface area (Å²) in [5.74, 6) is 0.997. The zero-order valence-corrected chi connectivity index (χ0v) is 14.9. The summed E-state index contributed by atoms with van der Waals surface area (Å²) in [6.07, 6.45) is 6.46. The van der Waals surface area contributed by atoms with Crippen LogP contribution >= 0.6 is 0 Å². The molecule has 132 valence electrons. The van der Waals surface area contributed by atoms with Gasteiger partial charge in [-0.15, -0.1) is 5.10 Å². The number of aromatic nitrogens is 4. The molecule has 0 N–H and O–H groups in total. The Balaban J connectivity index is 1.36. The lowest BCUT2D eigenvalue weighted by molar-refractivity contribution is 0.194. The van der Waals surface area contributed by atoms with Crippen molar-refractivity contribution in [1.82, 2.24) is 24.6 Å². The standard InChI is InChI=1S/C18H24N6O/c1-22-8-7-14(19-18(22)25)10-23(2)15-11-24(12-15)17-9-13-5-3-4-6-16(13)20-21-17/h7-9,15H,3-6,10-12H2,1-2H3. The summed E-state index contributed by atoms with van der Waals surface area (Å²) in [5, 5.41) is 8.84. The van der Waals surface area contributed by atoms with Gasteiger partial charge in [0.25, 0.3) is 0 Å². The van der Waals surface area contributed by atoms with Crippen LogP contribution in [0.5, 0.6) is 0 Å². The van der Waals surface area contributed by atoms with Crippen molar-refractivity contribution < 1.29 is 0 Å². The zero-order valence-electron chi connectivity index (χ0n) is 14.9. The van der Waals surface area contributed by atoms with E-state index in [9.17, 15) is 4.79 Å². The number of nitrogens with zero attached hydrogens (tertiary/aromatic N) is 6. The fraction of sp³-hybridized carbons (Fsp3) is 0.556. The number of hydrogen-bond donors (Lipinski definition) is 0. The Morgan fingerprint density at radius 3 is 2.84 bits per heavy atom. The van der Waals surface area contributed by atoms with Crippen LogP contribution in [0.25, 0.3) is 0 Å². The Kier molecular flexibility index (Phi) is 4.25. The van der Waals surface area contributed by atoms with E-state index in [1.165, 1.54) is 28.7 Å². The molecular formula is C18H24N6O. The Labute approximate surface area is 147 Å². The van der Waals surface area contributed by atoms with Gasteiger partial charge in [-0.2, -0.15) is 10.1 Å². The lowest BCUT2D eigenvalue weighted by Gasteiger charge is -2.44. The van der Waals surface area contributed by atoms with Crippen LogP contribution in [0.1, 0.15) is 29.8 Å². The quantitative estimate of drug-likeness (QED) is 0.819. The minimum atomic E-state index is -0.203. The van der Waals surface area contributed by atoms with Gasteiger partial charge in [0, 0.05) is 38.9 Å². The molecule has 0 aromatic carbocycles. The van der Waals surface area contributed by atoms with Crippen LogP contribution in [-0.4, -0.2) is 50.8 Å². The number of likely N-dealkylation sites (N-methyl/N-ethyl adjacent to an activating group) is 1. The molecule has 1 aliphatic heterocycles. The fourth-order valence-corrected chi connectivity index (χ4v) is 3.53. The van der Waals surface area contributed by atoms with Crippen molar-refractivity contribution in [3.8, 4) is 0 Å². The summed E-state index contributed by atoms with van der Waals surface area (Å²) in [4.78, 5) is 20.3. The average molecular weight is 340 g/mol. The minimum Gasteiger partial charge on any atom is -0.352 e. The van der Waals surface area contributed by atoms with Gasteiger partial charge in [0.05, 0.1) is 11.4 Å². The molecule has 25 heavy (non-hydrogen) atoms. The fourth-order valence-electron chi connectivity index (χ4n) is 3.53. The van der Waals surface area contributed by atoms with Crippen molar-refractivity contribution >= 4 is 5.82 Å². The number of fused-ring (bicyclic) bond motifs is 1. The van der Waals surface area contributed by atoms with Crippen molar-refractivity contribution in [2.75, 3.05) is 25.0 Å². The van der Waals surface area contributed by atoms with Gasteiger partial charge in [-0.1, -0.05) is 0 Å². The predicted molar refractivity (Wildman–Crippen MR) is 95.6 cm³/mol. The van der Waals surface area contributed by atoms with E-state index in [-0.39, 0.29) is 5.69 Å². The third-order valence-corrected chi connectivity index (χ3v) is 5.31. The molecule has 1 saturated heterocycles. The van der Waals surface area contributed by atoms with E-state index in [0.717, 1.165) is 37.4 Å². The van der Waals surface area contributed by atoms with Crippen LogP contribution in [-0.2, 0) is 26.4 Å². The molecule has 0 atom stereocenters. The highest BCUT2D eigenvalue weighted by Gasteiger charge is 2.31. The van der Waals surface area contributed by atoms with Gasteiger partial charge in [0.1, 0.15) is 0 Å². The third kappa shape index (κ3) is 3.28. The van der Waals surface area contributed by atoms with Crippen molar-refractivity contribution in [2.24, 2.45) is 7.05 Å². The van der Waals surface area contributed by atoms with Crippen LogP contribution in [0.3, 0.4) is 0 Å². The van der Waals surface area contributed by atoms with Crippen LogP contribution in [0.2, 0.25) is 0 Å². The van der Waals surface area contributed by atoms with E-state index in [4.69, 9.17) is 0 Å². The Morgan fingerprint density at radius 2 is 2.04 bits per heavy atom. The summed E-state index contributed by atoms with van der Waals surface area (Å²) in [6, 6.07) is 4.58. The van der Waals surface area contributed by atoms with Crippen LogP contribution in [0, 0.1) is 0 Å². The van der Waals surface area contributed by atoms with E-state index in [1.54, 1.807) is 13.2 Å². The highest BCUT2D eigenvalue weighted by molar-refractivity contribution is 5.45. The molecule has 0 spiro atoms. The lowest BCUT2D eigenvalue weighted by atomic mass is 9.96. The first-order valence-corrected chi connectivity index (χ1v) is 8.93. The first kappa shape index (κ1) is 16.2. The van der Waals surface area contributed by atoms with Gasteiger partial charge in [0.15, 0.2) is 5.82 Å². The number of aryl methyl sites for hydroxylation is 3. The molecule has 3 heterocycles. The molecule has 7 nitrogen and oxygen atoms in total. The Morgan fingerprint density at radius 1 is 1.24 bits per heavy atom. The molecule has 0 unspecified atom stereocenters. The predicted octanol–water partition coefficient (Wildman–Crippen LogP) is 0.770. The molecular weight excluding hydrogens is 316 g/mol. The maximum absolute atomic E-state index is 11.6. The smallest absolute Gasteiger partial charge is 0.347 e. The Hall–Kier alpha value is -2.28. The third-order valence-electron chi connectivity index (χ3n) is 5.31. The van der Waals surface area contributed by atoms with E-state index < -0.39 is 0 Å². The van der Waals surface area contributed by atoms with Crippen molar-refractivity contribution in [3.05, 3.63) is 45.8 Å². The highest BCUT2D eigenvalue weighted by atomic mass is 16.1. The normalized spacial score (nSPS) is 17.5. The highest BCUT2D eigenvalue weighted by Crippen LogP contribution is 2.26. The second kappa shape index (κ2) is 6.55. The summed E-state index contributed by atoms with van der Waals surface area (Å²) >= 11 is 0. The average Bonchev–Trinajstić information content (AvgIpc) is 2.57. The first-order chi connectivity index (χ1) is 12.1.